The smallest absolute Gasteiger partial charge is 0.268 e. The molecule has 3 unspecified atom stereocenters. The number of hydrogen-bond donors (Lipinski definition) is 2. The summed E-state index contributed by atoms with van der Waals surface area (Å²) in [6.45, 7) is 4.54. The summed E-state index contributed by atoms with van der Waals surface area (Å²) in [6, 6.07) is -0.905. The Balaban J connectivity index is 4.02. The molecule has 0 aromatic rings. The fourth-order valence-corrected chi connectivity index (χ4v) is 10.0. The second-order valence-electron chi connectivity index (χ2n) is 23.1. The number of likely N-dealkylation sites (N-methyl/N-ethyl adjacent to an activating group) is 1. The zero-order chi connectivity index (χ0) is 56.3. The van der Waals surface area contributed by atoms with E-state index in [1.165, 1.54) is 199 Å². The van der Waals surface area contributed by atoms with Crippen LogP contribution >= 0.6 is 7.82 Å². The Morgan fingerprint density at radius 2 is 0.805 bits per heavy atom. The van der Waals surface area contributed by atoms with Crippen molar-refractivity contribution in [1.29, 1.82) is 0 Å². The van der Waals surface area contributed by atoms with Crippen LogP contribution < -0.4 is 10.2 Å². The van der Waals surface area contributed by atoms with Crippen molar-refractivity contribution in [1.82, 2.24) is 5.32 Å². The van der Waals surface area contributed by atoms with Crippen LogP contribution in [0.1, 0.15) is 290 Å². The summed E-state index contributed by atoms with van der Waals surface area (Å²) in [6.07, 6.45) is 82.7. The highest BCUT2D eigenvalue weighted by Gasteiger charge is 2.23. The van der Waals surface area contributed by atoms with Crippen molar-refractivity contribution in [2.24, 2.45) is 0 Å². The lowest BCUT2D eigenvalue weighted by Crippen LogP contribution is -2.45. The number of aliphatic hydroxyl groups is 1. The lowest BCUT2D eigenvalue weighted by Gasteiger charge is -2.29. The summed E-state index contributed by atoms with van der Waals surface area (Å²) >= 11 is 0. The minimum absolute atomic E-state index is 0.00712. The maximum Gasteiger partial charge on any atom is 0.268 e. The van der Waals surface area contributed by atoms with E-state index >= 15 is 0 Å². The molecule has 9 heteroatoms. The Labute approximate surface area is 477 Å². The van der Waals surface area contributed by atoms with Gasteiger partial charge in [0.2, 0.25) is 5.91 Å². The molecule has 0 spiro atoms. The predicted octanol–water partition coefficient (Wildman–Crippen LogP) is 19.7. The number of allylic oxidation sites excluding steroid dienone is 13. The molecule has 0 aliphatic heterocycles. The Kier molecular flexibility index (Phi) is 56.6. The van der Waals surface area contributed by atoms with Crippen molar-refractivity contribution in [3.8, 4) is 0 Å². The third-order valence-corrected chi connectivity index (χ3v) is 15.3. The van der Waals surface area contributed by atoms with Gasteiger partial charge in [0.15, 0.2) is 0 Å². The van der Waals surface area contributed by atoms with Gasteiger partial charge in [-0.25, -0.2) is 0 Å². The summed E-state index contributed by atoms with van der Waals surface area (Å²) in [5.41, 5.74) is 0. The van der Waals surface area contributed by atoms with Crippen LogP contribution in [0.3, 0.4) is 0 Å². The first-order valence-electron chi connectivity index (χ1n) is 32.4. The second kappa shape index (κ2) is 58.3. The monoisotopic (exact) mass is 1100 g/mol. The molecule has 0 rings (SSSR count). The zero-order valence-electron chi connectivity index (χ0n) is 51.1. The highest BCUT2D eigenvalue weighted by molar-refractivity contribution is 7.45. The number of amides is 1. The first-order valence-corrected chi connectivity index (χ1v) is 33.9. The Morgan fingerprint density at radius 3 is 1.21 bits per heavy atom. The quantitative estimate of drug-likeness (QED) is 0.0272. The van der Waals surface area contributed by atoms with Crippen molar-refractivity contribution >= 4 is 13.7 Å². The lowest BCUT2D eigenvalue weighted by atomic mass is 10.0. The number of nitrogens with zero attached hydrogens (tertiary/aromatic N) is 1. The number of carbonyl (C=O) groups is 1. The maximum absolute atomic E-state index is 13.0. The van der Waals surface area contributed by atoms with Gasteiger partial charge in [-0.05, 0) is 77.0 Å². The molecule has 2 N–H and O–H groups in total. The SMILES string of the molecule is CC/C=C\C/C=C\C/C=C\C/C=C\C/C=C\CCCCCCCCCCCCCCCCCCCCCCCC(=O)NC(COP(=O)([O-])OCC[N+](C)(C)C)C(O)/C=C/CC/C=C/CCCCCCCCCCCCCC. The number of nitrogens with one attached hydrogen (secondary N) is 1. The molecule has 0 heterocycles. The molecule has 0 aromatic carbocycles. The number of rotatable bonds is 59. The summed E-state index contributed by atoms with van der Waals surface area (Å²) < 4.78 is 23.4. The highest BCUT2D eigenvalue weighted by atomic mass is 31.2. The fourth-order valence-electron chi connectivity index (χ4n) is 9.32. The van der Waals surface area contributed by atoms with Crippen LogP contribution in [0.5, 0.6) is 0 Å². The van der Waals surface area contributed by atoms with Crippen LogP contribution in [-0.4, -0.2) is 68.5 Å². The Bertz CT molecular complexity index is 1530. The van der Waals surface area contributed by atoms with Gasteiger partial charge in [-0.3, -0.25) is 9.36 Å². The molecular weight excluding hydrogens is 972 g/mol. The summed E-state index contributed by atoms with van der Waals surface area (Å²) in [7, 11) is 1.25. The topological polar surface area (TPSA) is 108 Å². The number of hydrogen-bond acceptors (Lipinski definition) is 6. The highest BCUT2D eigenvalue weighted by Crippen LogP contribution is 2.38. The van der Waals surface area contributed by atoms with Gasteiger partial charge in [-0.1, -0.05) is 292 Å². The van der Waals surface area contributed by atoms with Crippen LogP contribution in [0.25, 0.3) is 0 Å². The van der Waals surface area contributed by atoms with Crippen LogP contribution in [0.15, 0.2) is 85.1 Å². The van der Waals surface area contributed by atoms with Crippen LogP contribution in [-0.2, 0) is 18.4 Å². The summed E-state index contributed by atoms with van der Waals surface area (Å²) in [5, 5.41) is 13.9. The third kappa shape index (κ3) is 61.2. The van der Waals surface area contributed by atoms with E-state index in [4.69, 9.17) is 9.05 Å². The summed E-state index contributed by atoms with van der Waals surface area (Å²) in [4.78, 5) is 25.5. The average molecular weight is 1100 g/mol. The molecule has 1 amide bonds. The van der Waals surface area contributed by atoms with E-state index in [9.17, 15) is 19.4 Å². The van der Waals surface area contributed by atoms with Crippen molar-refractivity contribution in [2.45, 2.75) is 302 Å². The van der Waals surface area contributed by atoms with Crippen molar-refractivity contribution in [2.75, 3.05) is 40.9 Å². The van der Waals surface area contributed by atoms with Crippen molar-refractivity contribution in [3.63, 3.8) is 0 Å². The van der Waals surface area contributed by atoms with Gasteiger partial charge in [0.25, 0.3) is 7.82 Å². The molecule has 0 saturated heterocycles. The number of phosphoric acid groups is 1. The van der Waals surface area contributed by atoms with Gasteiger partial charge in [0.05, 0.1) is 39.9 Å². The summed E-state index contributed by atoms with van der Waals surface area (Å²) in [5.74, 6) is -0.205. The molecule has 0 bridgehead atoms. The lowest BCUT2D eigenvalue weighted by molar-refractivity contribution is -0.870. The van der Waals surface area contributed by atoms with Gasteiger partial charge in [-0.15, -0.1) is 0 Å². The molecule has 77 heavy (non-hydrogen) atoms. The molecule has 0 aliphatic carbocycles. The standard InChI is InChI=1S/C68H125N2O6P/c1-6-8-10-12-14-16-18-20-22-24-26-27-28-29-30-31-32-33-34-35-36-37-38-39-40-41-42-43-44-46-48-50-52-54-56-58-60-62-68(72)69-66(65-76-77(73,74)75-64-63-70(3,4)5)67(71)61-59-57-55-53-51-49-47-45-25-23-21-19-17-15-13-11-9-7-2/h8,10,14,16,20,22,26-27,29-30,51,53,59,61,66-67,71H,6-7,9,11-13,15,17-19,21,23-25,28,31-50,52,54-58,60,62-65H2,1-5H3,(H-,69,72,73,74)/b10-8-,16-14-,22-20-,27-26-,30-29-,53-51+,61-59+. The molecule has 3 atom stereocenters. The number of aliphatic hydroxyl groups excluding tert-OH is 1. The molecular formula is C68H125N2O6P. The van der Waals surface area contributed by atoms with Gasteiger partial charge in [0, 0.05) is 6.42 Å². The van der Waals surface area contributed by atoms with Gasteiger partial charge in [-0.2, -0.15) is 0 Å². The molecule has 0 radical (unpaired) electrons. The van der Waals surface area contributed by atoms with Crippen LogP contribution in [0, 0.1) is 0 Å². The molecule has 0 saturated carbocycles. The van der Waals surface area contributed by atoms with E-state index in [1.54, 1.807) is 6.08 Å². The molecule has 0 aromatic heterocycles. The number of phosphoric ester groups is 1. The van der Waals surface area contributed by atoms with E-state index < -0.39 is 26.6 Å². The zero-order valence-corrected chi connectivity index (χ0v) is 52.0. The van der Waals surface area contributed by atoms with E-state index in [0.29, 0.717) is 17.4 Å². The Morgan fingerprint density at radius 1 is 0.468 bits per heavy atom. The van der Waals surface area contributed by atoms with Crippen molar-refractivity contribution in [3.05, 3.63) is 85.1 Å². The van der Waals surface area contributed by atoms with Gasteiger partial charge in [0.1, 0.15) is 13.2 Å². The number of unbranched alkanes of at least 4 members (excludes halogenated alkanes) is 34. The maximum atomic E-state index is 13.0. The minimum atomic E-state index is -4.61. The molecule has 0 fully saturated rings. The number of carbonyl (C=O) groups excluding carboxylic acids is 1. The van der Waals surface area contributed by atoms with Crippen molar-refractivity contribution < 1.29 is 32.9 Å². The molecule has 8 nitrogen and oxygen atoms in total. The second-order valence-corrected chi connectivity index (χ2v) is 24.5. The normalized spacial score (nSPS) is 14.3. The minimum Gasteiger partial charge on any atom is -0.756 e. The van der Waals surface area contributed by atoms with Crippen LogP contribution in [0.4, 0.5) is 0 Å². The van der Waals surface area contributed by atoms with Crippen LogP contribution in [0.2, 0.25) is 0 Å². The average Bonchev–Trinajstić information content (AvgIpc) is 3.39. The fraction of sp³-hybridized carbons (Fsp3) is 0.779. The molecule has 0 aliphatic rings. The number of quaternary nitrogens is 1. The predicted molar refractivity (Wildman–Crippen MR) is 334 cm³/mol. The first-order chi connectivity index (χ1) is 37.5. The van der Waals surface area contributed by atoms with Gasteiger partial charge >= 0.3 is 0 Å². The molecule has 448 valence electrons. The Hall–Kier alpha value is -2.32. The van der Waals surface area contributed by atoms with Gasteiger partial charge < -0.3 is 28.8 Å². The van der Waals surface area contributed by atoms with E-state index in [0.717, 1.165) is 70.6 Å². The van der Waals surface area contributed by atoms with E-state index in [2.05, 4.69) is 92.1 Å². The third-order valence-electron chi connectivity index (χ3n) is 14.3. The van der Waals surface area contributed by atoms with E-state index in [-0.39, 0.29) is 12.5 Å². The largest absolute Gasteiger partial charge is 0.756 e. The van der Waals surface area contributed by atoms with E-state index in [1.807, 2.05) is 27.2 Å². The first kappa shape index (κ1) is 74.7.